The van der Waals surface area contributed by atoms with Crippen molar-refractivity contribution in [1.82, 2.24) is 4.98 Å². The number of benzene rings is 2. The van der Waals surface area contributed by atoms with E-state index < -0.39 is 5.97 Å². The van der Waals surface area contributed by atoms with Crippen LogP contribution in [0.2, 0.25) is 0 Å². The lowest BCUT2D eigenvalue weighted by Crippen LogP contribution is -2.09. The van der Waals surface area contributed by atoms with E-state index in [1.165, 1.54) is 25.6 Å². The van der Waals surface area contributed by atoms with Gasteiger partial charge in [0.05, 0.1) is 33.1 Å². The van der Waals surface area contributed by atoms with Crippen molar-refractivity contribution in [2.24, 2.45) is 5.73 Å². The van der Waals surface area contributed by atoms with Crippen LogP contribution in [0, 0.1) is 0 Å². The maximum absolute atomic E-state index is 12.3. The zero-order chi connectivity index (χ0) is 22.4. The first-order chi connectivity index (χ1) is 15.1. The van der Waals surface area contributed by atoms with Crippen LogP contribution in [0.5, 0.6) is 17.2 Å². The molecule has 7 nitrogen and oxygen atoms in total. The Morgan fingerprint density at radius 3 is 2.42 bits per heavy atom. The maximum Gasteiger partial charge on any atom is 0.341 e. The minimum Gasteiger partial charge on any atom is -0.496 e. The number of ether oxygens (including phenoxy) is 4. The number of hydrogen-bond donors (Lipinski definition) is 1. The molecule has 31 heavy (non-hydrogen) atoms. The Kier molecular flexibility index (Phi) is 7.49. The van der Waals surface area contributed by atoms with Gasteiger partial charge in [0.15, 0.2) is 11.5 Å². The van der Waals surface area contributed by atoms with Gasteiger partial charge in [-0.15, -0.1) is 11.3 Å². The number of thiazole rings is 1. The topological polar surface area (TPSA) is 92.9 Å². The van der Waals surface area contributed by atoms with Crippen LogP contribution in [0.25, 0.3) is 21.8 Å². The predicted molar refractivity (Wildman–Crippen MR) is 121 cm³/mol. The van der Waals surface area contributed by atoms with Crippen molar-refractivity contribution in [3.8, 4) is 39.1 Å². The van der Waals surface area contributed by atoms with Gasteiger partial charge in [0.25, 0.3) is 0 Å². The van der Waals surface area contributed by atoms with Crippen LogP contribution in [0.4, 0.5) is 0 Å². The highest BCUT2D eigenvalue weighted by Crippen LogP contribution is 2.37. The second kappa shape index (κ2) is 10.3. The highest BCUT2D eigenvalue weighted by atomic mass is 32.1. The van der Waals surface area contributed by atoms with Gasteiger partial charge in [-0.25, -0.2) is 9.78 Å². The minimum atomic E-state index is -0.489. The average molecular weight is 443 g/mol. The molecule has 0 spiro atoms. The largest absolute Gasteiger partial charge is 0.496 e. The summed E-state index contributed by atoms with van der Waals surface area (Å²) in [6.07, 6.45) is 0. The number of rotatable bonds is 9. The molecule has 0 unspecified atom stereocenters. The number of carbonyl (C=O) groups is 1. The summed E-state index contributed by atoms with van der Waals surface area (Å²) in [7, 11) is 2.84. The van der Waals surface area contributed by atoms with Crippen LogP contribution in [-0.4, -0.2) is 38.4 Å². The minimum absolute atomic E-state index is 0.217. The number of hydrogen-bond acceptors (Lipinski definition) is 8. The Morgan fingerprint density at radius 2 is 1.77 bits per heavy atom. The Morgan fingerprint density at radius 1 is 1.03 bits per heavy atom. The summed E-state index contributed by atoms with van der Waals surface area (Å²) in [4.78, 5) is 17.0. The summed E-state index contributed by atoms with van der Waals surface area (Å²) in [5.41, 5.74) is 9.32. The van der Waals surface area contributed by atoms with E-state index in [4.69, 9.17) is 29.7 Å². The number of methoxy groups -OCH3 is 2. The van der Waals surface area contributed by atoms with Gasteiger partial charge in [0, 0.05) is 28.6 Å². The molecule has 0 aliphatic rings. The first-order valence-electron chi connectivity index (χ1n) is 9.91. The fourth-order valence-electron chi connectivity index (χ4n) is 3.21. The molecule has 0 fully saturated rings. The van der Waals surface area contributed by atoms with E-state index in [9.17, 15) is 4.79 Å². The van der Waals surface area contributed by atoms with E-state index in [0.29, 0.717) is 41.6 Å². The summed E-state index contributed by atoms with van der Waals surface area (Å²) >= 11 is 1.50. The molecule has 1 heterocycles. The van der Waals surface area contributed by atoms with Crippen molar-refractivity contribution in [3.05, 3.63) is 46.8 Å². The fraction of sp³-hybridized carbons (Fsp3) is 0.304. The van der Waals surface area contributed by atoms with Crippen LogP contribution in [0.3, 0.4) is 0 Å². The van der Waals surface area contributed by atoms with Gasteiger partial charge in [-0.05, 0) is 44.2 Å². The quantitative estimate of drug-likeness (QED) is 0.487. The van der Waals surface area contributed by atoms with Crippen LogP contribution in [0.1, 0.15) is 29.8 Å². The zero-order valence-corrected chi connectivity index (χ0v) is 18.9. The summed E-state index contributed by atoms with van der Waals surface area (Å²) in [6.45, 7) is 5.18. The molecule has 0 saturated carbocycles. The second-order valence-corrected chi connectivity index (χ2v) is 7.34. The van der Waals surface area contributed by atoms with Gasteiger partial charge in [-0.3, -0.25) is 0 Å². The monoisotopic (exact) mass is 442 g/mol. The molecular weight excluding hydrogens is 416 g/mol. The lowest BCUT2D eigenvalue weighted by Gasteiger charge is -2.13. The molecule has 2 aromatic carbocycles. The Balaban J connectivity index is 2.02. The highest BCUT2D eigenvalue weighted by Gasteiger charge is 2.20. The first-order valence-corrected chi connectivity index (χ1v) is 10.8. The molecule has 8 heteroatoms. The molecule has 0 radical (unpaired) electrons. The molecule has 2 N–H and O–H groups in total. The first kappa shape index (κ1) is 22.6. The van der Waals surface area contributed by atoms with Crippen LogP contribution in [0.15, 0.2) is 35.7 Å². The molecule has 164 valence electrons. The van der Waals surface area contributed by atoms with Gasteiger partial charge in [0.1, 0.15) is 16.3 Å². The van der Waals surface area contributed by atoms with E-state index in [2.05, 4.69) is 0 Å². The Bertz CT molecular complexity index is 1060. The molecule has 0 aliphatic heterocycles. The molecule has 0 saturated heterocycles. The lowest BCUT2D eigenvalue weighted by atomic mass is 10.0. The maximum atomic E-state index is 12.3. The molecule has 3 aromatic rings. The van der Waals surface area contributed by atoms with Crippen molar-refractivity contribution in [3.63, 3.8) is 0 Å². The van der Waals surface area contributed by atoms with Crippen molar-refractivity contribution in [1.29, 1.82) is 0 Å². The predicted octanol–water partition coefficient (Wildman–Crippen LogP) is 4.53. The Labute approximate surface area is 185 Å². The molecule has 0 atom stereocenters. The van der Waals surface area contributed by atoms with Gasteiger partial charge < -0.3 is 24.7 Å². The normalized spacial score (nSPS) is 10.6. The summed E-state index contributed by atoms with van der Waals surface area (Å²) in [6, 6.07) is 9.37. The van der Waals surface area contributed by atoms with Gasteiger partial charge >= 0.3 is 5.97 Å². The highest BCUT2D eigenvalue weighted by molar-refractivity contribution is 7.13. The van der Waals surface area contributed by atoms with Crippen molar-refractivity contribution in [2.45, 2.75) is 20.4 Å². The fourth-order valence-corrected chi connectivity index (χ4v) is 4.04. The van der Waals surface area contributed by atoms with Crippen molar-refractivity contribution in [2.75, 3.05) is 27.4 Å². The van der Waals surface area contributed by atoms with E-state index in [1.54, 1.807) is 6.07 Å². The molecule has 1 aromatic heterocycles. The SMILES string of the molecule is CCOc1ccc(-c2nc(-c3cc(CN)c(OC)c(C(=O)OC)c3)cs2)cc1OCC. The van der Waals surface area contributed by atoms with E-state index in [0.717, 1.165) is 21.8 Å². The van der Waals surface area contributed by atoms with E-state index >= 15 is 0 Å². The van der Waals surface area contributed by atoms with Gasteiger partial charge in [-0.1, -0.05) is 0 Å². The van der Waals surface area contributed by atoms with E-state index in [1.807, 2.05) is 43.5 Å². The number of carbonyl (C=O) groups excluding carboxylic acids is 1. The summed E-state index contributed by atoms with van der Waals surface area (Å²) < 4.78 is 21.7. The number of nitrogens with zero attached hydrogens (tertiary/aromatic N) is 1. The summed E-state index contributed by atoms with van der Waals surface area (Å²) in [5, 5.41) is 2.76. The third-order valence-electron chi connectivity index (χ3n) is 4.59. The number of esters is 1. The smallest absolute Gasteiger partial charge is 0.341 e. The molecule has 3 rings (SSSR count). The van der Waals surface area contributed by atoms with Gasteiger partial charge in [0.2, 0.25) is 0 Å². The zero-order valence-electron chi connectivity index (χ0n) is 18.1. The molecule has 0 bridgehead atoms. The number of aromatic nitrogens is 1. The molecule has 0 amide bonds. The Hall–Kier alpha value is -3.10. The standard InChI is InChI=1S/C23H26N2O5S/c1-5-29-19-8-7-14(11-20(19)30-6-2)22-25-18(13-31-22)15-9-16(12-24)21(27-3)17(10-15)23(26)28-4/h7-11,13H,5-6,12,24H2,1-4H3. The van der Waals surface area contributed by atoms with Crippen LogP contribution in [-0.2, 0) is 11.3 Å². The van der Waals surface area contributed by atoms with Crippen LogP contribution < -0.4 is 19.9 Å². The summed E-state index contributed by atoms with van der Waals surface area (Å²) in [5.74, 6) is 1.31. The molecular formula is C23H26N2O5S. The average Bonchev–Trinajstić information content (AvgIpc) is 3.29. The van der Waals surface area contributed by atoms with Gasteiger partial charge in [-0.2, -0.15) is 0 Å². The second-order valence-electron chi connectivity index (χ2n) is 6.48. The lowest BCUT2D eigenvalue weighted by molar-refractivity contribution is 0.0597. The van der Waals surface area contributed by atoms with E-state index in [-0.39, 0.29) is 6.54 Å². The van der Waals surface area contributed by atoms with Crippen LogP contribution >= 0.6 is 11.3 Å². The van der Waals surface area contributed by atoms with Crippen molar-refractivity contribution >= 4 is 17.3 Å². The number of nitrogens with two attached hydrogens (primary N) is 1. The van der Waals surface area contributed by atoms with Crippen molar-refractivity contribution < 1.29 is 23.7 Å². The molecule has 0 aliphatic carbocycles. The third kappa shape index (κ3) is 4.81. The third-order valence-corrected chi connectivity index (χ3v) is 5.48.